The Morgan fingerprint density at radius 2 is 2.02 bits per heavy atom. The van der Waals surface area contributed by atoms with Crippen LogP contribution in [-0.2, 0) is 11.3 Å². The Labute approximate surface area is 260 Å². The van der Waals surface area contributed by atoms with E-state index in [1.165, 1.54) is 37.4 Å². The number of aromatic carboxylic acids is 1. The number of carboxylic acids is 1. The first-order valence-corrected chi connectivity index (χ1v) is 13.6. The summed E-state index contributed by atoms with van der Waals surface area (Å²) in [5.41, 5.74) is -0.895. The van der Waals surface area contributed by atoms with Gasteiger partial charge in [0.15, 0.2) is 23.8 Å². The van der Waals surface area contributed by atoms with Gasteiger partial charge in [0.05, 0.1) is 25.3 Å². The summed E-state index contributed by atoms with van der Waals surface area (Å²) in [6, 6.07) is 7.84. The van der Waals surface area contributed by atoms with Crippen molar-refractivity contribution in [3.8, 4) is 23.4 Å². The van der Waals surface area contributed by atoms with Gasteiger partial charge in [0.2, 0.25) is 5.82 Å². The number of nitrogens with zero attached hydrogens (tertiary/aromatic N) is 4. The van der Waals surface area contributed by atoms with Gasteiger partial charge in [-0.05, 0) is 50.6 Å². The molecule has 5 N–H and O–H groups in total. The molecule has 1 atom stereocenters. The van der Waals surface area contributed by atoms with Crippen LogP contribution in [0.4, 0.5) is 14.9 Å². The Morgan fingerprint density at radius 1 is 1.26 bits per heavy atom. The summed E-state index contributed by atoms with van der Waals surface area (Å²) in [6.45, 7) is 4.37. The lowest BCUT2D eigenvalue weighted by atomic mass is 10.0. The van der Waals surface area contributed by atoms with Crippen LogP contribution in [0.5, 0.6) is 11.5 Å². The highest BCUT2D eigenvalue weighted by Crippen LogP contribution is 2.35. The quantitative estimate of drug-likeness (QED) is 0.150. The van der Waals surface area contributed by atoms with Crippen LogP contribution >= 0.6 is 0 Å². The number of rotatable bonds is 12. The number of methoxy groups -OCH3 is 1. The molecular weight excluding hydrogens is 609 g/mol. The molecule has 0 radical (unpaired) electrons. The number of nitriles is 1. The molecule has 2 heterocycles. The molecule has 0 spiro atoms. The first kappa shape index (κ1) is 33.0. The maximum atomic E-state index is 16.0. The molecule has 46 heavy (non-hydrogen) atoms. The molecule has 0 aliphatic carbocycles. The highest BCUT2D eigenvalue weighted by atomic mass is 19.1. The summed E-state index contributed by atoms with van der Waals surface area (Å²) in [5.74, 6) is -3.80. The zero-order chi connectivity index (χ0) is 33.6. The first-order chi connectivity index (χ1) is 21.8. The SMILES string of the molecule is COc1cc(OCCO)c(F)c(C(Nc2ccc(C#N)c(CNC(=O)OC(C)(C)C)c2)c2nn(-c3ncoc3C(=O)O)c(=O)[nH]2)c1. The fraction of sp³-hybridized carbons (Fsp3) is 0.310. The van der Waals surface area contributed by atoms with Crippen molar-refractivity contribution in [2.45, 2.75) is 39.0 Å². The second-order valence-corrected chi connectivity index (χ2v) is 10.6. The van der Waals surface area contributed by atoms with Crippen molar-refractivity contribution in [1.29, 1.82) is 5.26 Å². The van der Waals surface area contributed by atoms with E-state index in [4.69, 9.17) is 18.6 Å². The monoisotopic (exact) mass is 639 g/mol. The van der Waals surface area contributed by atoms with Crippen LogP contribution in [0.2, 0.25) is 0 Å². The molecule has 0 saturated carbocycles. The zero-order valence-corrected chi connectivity index (χ0v) is 25.1. The highest BCUT2D eigenvalue weighted by Gasteiger charge is 2.29. The third kappa shape index (κ3) is 7.60. The number of aliphatic hydroxyl groups excluding tert-OH is 1. The number of carbonyl (C=O) groups excluding carboxylic acids is 1. The fourth-order valence-corrected chi connectivity index (χ4v) is 4.21. The summed E-state index contributed by atoms with van der Waals surface area (Å²) in [5, 5.41) is 38.2. The number of benzene rings is 2. The average molecular weight is 640 g/mol. The largest absolute Gasteiger partial charge is 0.497 e. The molecule has 16 nitrogen and oxygen atoms in total. The Balaban J connectivity index is 1.81. The summed E-state index contributed by atoms with van der Waals surface area (Å²) in [4.78, 5) is 43.1. The summed E-state index contributed by atoms with van der Waals surface area (Å²) >= 11 is 0. The third-order valence-electron chi connectivity index (χ3n) is 6.15. The van der Waals surface area contributed by atoms with Crippen molar-refractivity contribution in [3.63, 3.8) is 0 Å². The molecular formula is C29H30FN7O9. The number of aromatic amines is 1. The van der Waals surface area contributed by atoms with Crippen molar-refractivity contribution >= 4 is 17.7 Å². The number of anilines is 1. The van der Waals surface area contributed by atoms with E-state index in [9.17, 15) is 29.9 Å². The Morgan fingerprint density at radius 3 is 2.67 bits per heavy atom. The number of hydrogen-bond acceptors (Lipinski definition) is 12. The van der Waals surface area contributed by atoms with Crippen LogP contribution in [0.1, 0.15) is 59.9 Å². The molecule has 242 valence electrons. The van der Waals surface area contributed by atoms with Crippen LogP contribution in [-0.4, -0.2) is 67.9 Å². The van der Waals surface area contributed by atoms with Gasteiger partial charge in [-0.25, -0.2) is 18.8 Å². The minimum absolute atomic E-state index is 0.0970. The van der Waals surface area contributed by atoms with Crippen molar-refractivity contribution in [2.24, 2.45) is 0 Å². The average Bonchev–Trinajstić information content (AvgIpc) is 3.64. The number of amides is 1. The minimum atomic E-state index is -1.51. The van der Waals surface area contributed by atoms with E-state index in [1.54, 1.807) is 20.8 Å². The maximum absolute atomic E-state index is 16.0. The number of nitrogens with one attached hydrogen (secondary N) is 3. The number of carboxylic acid groups (broad SMARTS) is 1. The normalized spacial score (nSPS) is 11.8. The van der Waals surface area contributed by atoms with Crippen molar-refractivity contribution in [1.82, 2.24) is 25.1 Å². The van der Waals surface area contributed by atoms with Crippen molar-refractivity contribution in [3.05, 3.63) is 81.3 Å². The lowest BCUT2D eigenvalue weighted by molar-refractivity contribution is 0.0522. The Hall–Kier alpha value is -5.89. The van der Waals surface area contributed by atoms with Gasteiger partial charge in [0.1, 0.15) is 24.0 Å². The number of hydrogen-bond donors (Lipinski definition) is 5. The topological polar surface area (TPSA) is 227 Å². The maximum Gasteiger partial charge on any atom is 0.407 e. The predicted molar refractivity (Wildman–Crippen MR) is 156 cm³/mol. The smallest absolute Gasteiger partial charge is 0.407 e. The van der Waals surface area contributed by atoms with Crippen LogP contribution in [0.3, 0.4) is 0 Å². The van der Waals surface area contributed by atoms with Gasteiger partial charge in [0, 0.05) is 23.9 Å². The van der Waals surface area contributed by atoms with E-state index in [0.717, 1.165) is 6.39 Å². The summed E-state index contributed by atoms with van der Waals surface area (Å²) in [7, 11) is 1.34. The number of ether oxygens (including phenoxy) is 3. The number of alkyl carbamates (subject to hydrolysis) is 1. The van der Waals surface area contributed by atoms with E-state index in [2.05, 4.69) is 25.7 Å². The van der Waals surface area contributed by atoms with E-state index >= 15 is 4.39 Å². The summed E-state index contributed by atoms with van der Waals surface area (Å²) in [6.07, 6.45) is 0.115. The molecule has 4 rings (SSSR count). The van der Waals surface area contributed by atoms with Gasteiger partial charge in [0.25, 0.3) is 5.76 Å². The lowest BCUT2D eigenvalue weighted by Crippen LogP contribution is -2.32. The van der Waals surface area contributed by atoms with E-state index in [-0.39, 0.29) is 41.6 Å². The second-order valence-electron chi connectivity index (χ2n) is 10.6. The van der Waals surface area contributed by atoms with E-state index in [1.807, 2.05) is 6.07 Å². The number of oxazole rings is 1. The first-order valence-electron chi connectivity index (χ1n) is 13.6. The second kappa shape index (κ2) is 13.8. The molecule has 4 aromatic rings. The predicted octanol–water partition coefficient (Wildman–Crippen LogP) is 2.86. The molecule has 0 aliphatic heterocycles. The number of halogens is 1. The van der Waals surface area contributed by atoms with Crippen LogP contribution in [0.15, 0.2) is 45.9 Å². The summed E-state index contributed by atoms with van der Waals surface area (Å²) < 4.78 is 37.5. The molecule has 1 amide bonds. The Bertz CT molecular complexity index is 1840. The number of H-pyrrole nitrogens is 1. The van der Waals surface area contributed by atoms with Gasteiger partial charge in [-0.1, -0.05) is 0 Å². The molecule has 17 heteroatoms. The molecule has 2 aromatic carbocycles. The van der Waals surface area contributed by atoms with E-state index in [0.29, 0.717) is 15.9 Å². The van der Waals surface area contributed by atoms with Crippen LogP contribution in [0.25, 0.3) is 5.82 Å². The fourth-order valence-electron chi connectivity index (χ4n) is 4.21. The molecule has 0 fully saturated rings. The lowest BCUT2D eigenvalue weighted by Gasteiger charge is -2.22. The van der Waals surface area contributed by atoms with Gasteiger partial charge in [-0.15, -0.1) is 5.10 Å². The van der Waals surface area contributed by atoms with Gasteiger partial charge < -0.3 is 39.5 Å². The van der Waals surface area contributed by atoms with E-state index < -0.39 is 53.4 Å². The van der Waals surface area contributed by atoms with Crippen molar-refractivity contribution in [2.75, 3.05) is 25.6 Å². The molecule has 0 bridgehead atoms. The molecule has 1 unspecified atom stereocenters. The van der Waals surface area contributed by atoms with Gasteiger partial charge in [-0.3, -0.25) is 4.98 Å². The third-order valence-corrected chi connectivity index (χ3v) is 6.15. The molecule has 0 saturated heterocycles. The van der Waals surface area contributed by atoms with Crippen LogP contribution < -0.4 is 25.8 Å². The van der Waals surface area contributed by atoms with Gasteiger partial charge >= 0.3 is 17.8 Å². The van der Waals surface area contributed by atoms with Crippen LogP contribution in [0, 0.1) is 17.1 Å². The highest BCUT2D eigenvalue weighted by molar-refractivity contribution is 5.87. The van der Waals surface area contributed by atoms with Crippen molar-refractivity contribution < 1.29 is 42.8 Å². The number of carbonyl (C=O) groups is 2. The minimum Gasteiger partial charge on any atom is -0.497 e. The standard InChI is InChI=1S/C29H30FN7O9/c1-29(2,3)46-28(42)32-13-16-9-17(6-5-15(16)12-31)34-22(19-10-18(43-4)11-20(21(19)30)44-8-7-38)24-35-27(41)37(36-24)25-23(26(39)40)45-14-33-25/h5-6,9-11,14,22,34,38H,7-8,13H2,1-4H3,(H,32,42)(H,39,40)(H,35,36,41). The number of aliphatic hydroxyl groups is 1. The van der Waals surface area contributed by atoms with Gasteiger partial charge in [-0.2, -0.15) is 14.9 Å². The number of aromatic nitrogens is 4. The Kier molecular flexibility index (Phi) is 9.92. The molecule has 2 aromatic heterocycles. The zero-order valence-electron chi connectivity index (χ0n) is 25.1. The molecule has 0 aliphatic rings.